The van der Waals surface area contributed by atoms with Crippen LogP contribution in [0.2, 0.25) is 0 Å². The van der Waals surface area contributed by atoms with Crippen LogP contribution in [0.25, 0.3) is 0 Å². The van der Waals surface area contributed by atoms with Crippen LogP contribution in [0.3, 0.4) is 0 Å². The summed E-state index contributed by atoms with van der Waals surface area (Å²) in [5, 5.41) is 17.5. The van der Waals surface area contributed by atoms with E-state index in [1.807, 2.05) is 30.3 Å². The Morgan fingerprint density at radius 1 is 1.14 bits per heavy atom. The maximum absolute atomic E-state index is 12.7. The molecule has 6 N–H and O–H groups in total. The fraction of sp³-hybridized carbons (Fsp3) is 0.474. The zero-order chi connectivity index (χ0) is 20.5. The van der Waals surface area contributed by atoms with Crippen molar-refractivity contribution in [1.29, 1.82) is 0 Å². The van der Waals surface area contributed by atoms with E-state index in [4.69, 9.17) is 5.73 Å². The maximum atomic E-state index is 12.7. The lowest BCUT2D eigenvalue weighted by Gasteiger charge is -2.22. The number of carbonyl (C=O) groups is 4. The van der Waals surface area contributed by atoms with Crippen LogP contribution < -0.4 is 21.7 Å². The summed E-state index contributed by atoms with van der Waals surface area (Å²) in [6, 6.07) is 6.94. The summed E-state index contributed by atoms with van der Waals surface area (Å²) in [6.07, 6.45) is 0.623. The number of amides is 3. The SMILES string of the molecule is NC(=O)CC[C@H](NC(=O)[C@H](Cc1ccccc1)NC(=O)[C@H]1CCNC1)C(=O)O. The molecule has 1 aliphatic rings. The Balaban J connectivity index is 2.08. The average Bonchev–Trinajstić information content (AvgIpc) is 3.19. The van der Waals surface area contributed by atoms with Gasteiger partial charge < -0.3 is 26.8 Å². The minimum absolute atomic E-state index is 0.116. The second-order valence-electron chi connectivity index (χ2n) is 6.85. The van der Waals surface area contributed by atoms with Gasteiger partial charge in [0, 0.05) is 19.4 Å². The van der Waals surface area contributed by atoms with Crippen molar-refractivity contribution in [2.45, 2.75) is 37.8 Å². The lowest BCUT2D eigenvalue weighted by molar-refractivity contribution is -0.142. The van der Waals surface area contributed by atoms with Crippen molar-refractivity contribution in [2.75, 3.05) is 13.1 Å². The lowest BCUT2D eigenvalue weighted by atomic mass is 10.0. The molecule has 3 atom stereocenters. The van der Waals surface area contributed by atoms with Crippen molar-refractivity contribution in [1.82, 2.24) is 16.0 Å². The molecule has 9 nitrogen and oxygen atoms in total. The van der Waals surface area contributed by atoms with E-state index < -0.39 is 29.9 Å². The normalized spacial score (nSPS) is 18.1. The highest BCUT2D eigenvalue weighted by Gasteiger charge is 2.30. The molecule has 1 aromatic rings. The van der Waals surface area contributed by atoms with E-state index in [9.17, 15) is 24.3 Å². The molecule has 1 heterocycles. The molecule has 0 saturated carbocycles. The van der Waals surface area contributed by atoms with Gasteiger partial charge in [-0.2, -0.15) is 0 Å². The van der Waals surface area contributed by atoms with Gasteiger partial charge in [-0.15, -0.1) is 0 Å². The molecular formula is C19H26N4O5. The Kier molecular flexibility index (Phi) is 7.94. The van der Waals surface area contributed by atoms with Gasteiger partial charge in [-0.05, 0) is 24.9 Å². The number of carboxylic acids is 1. The van der Waals surface area contributed by atoms with E-state index in [1.54, 1.807) is 0 Å². The fourth-order valence-corrected chi connectivity index (χ4v) is 3.04. The van der Waals surface area contributed by atoms with Crippen molar-refractivity contribution >= 4 is 23.7 Å². The van der Waals surface area contributed by atoms with E-state index in [0.717, 1.165) is 12.1 Å². The summed E-state index contributed by atoms with van der Waals surface area (Å²) in [6.45, 7) is 1.28. The highest BCUT2D eigenvalue weighted by atomic mass is 16.4. The first kappa shape index (κ1) is 21.4. The summed E-state index contributed by atoms with van der Waals surface area (Å²) in [5.41, 5.74) is 5.89. The van der Waals surface area contributed by atoms with Gasteiger partial charge in [-0.1, -0.05) is 30.3 Å². The standard InChI is InChI=1S/C19H26N4O5/c20-16(24)7-6-14(19(27)28)22-18(26)15(10-12-4-2-1-3-5-12)23-17(25)13-8-9-21-11-13/h1-5,13-15,21H,6-11H2,(H2,20,24)(H,22,26)(H,23,25)(H,27,28)/t13-,14-,15-/m0/s1. The molecule has 3 amide bonds. The minimum Gasteiger partial charge on any atom is -0.480 e. The third-order valence-electron chi connectivity index (χ3n) is 4.64. The third-order valence-corrected chi connectivity index (χ3v) is 4.64. The van der Waals surface area contributed by atoms with Crippen molar-refractivity contribution in [3.05, 3.63) is 35.9 Å². The molecule has 0 unspecified atom stereocenters. The number of carbonyl (C=O) groups excluding carboxylic acids is 3. The Morgan fingerprint density at radius 3 is 2.43 bits per heavy atom. The van der Waals surface area contributed by atoms with Crippen LogP contribution >= 0.6 is 0 Å². The van der Waals surface area contributed by atoms with E-state index in [1.165, 1.54) is 0 Å². The molecule has 0 aromatic heterocycles. The third kappa shape index (κ3) is 6.66. The Hall–Kier alpha value is -2.94. The van der Waals surface area contributed by atoms with E-state index >= 15 is 0 Å². The molecule has 1 aliphatic heterocycles. The number of nitrogens with two attached hydrogens (primary N) is 1. The molecule has 9 heteroatoms. The summed E-state index contributed by atoms with van der Waals surface area (Å²) in [7, 11) is 0. The molecule has 0 radical (unpaired) electrons. The fourth-order valence-electron chi connectivity index (χ4n) is 3.04. The topological polar surface area (TPSA) is 151 Å². The van der Waals surface area contributed by atoms with Crippen LogP contribution in [0.1, 0.15) is 24.8 Å². The number of hydrogen-bond donors (Lipinski definition) is 5. The second kappa shape index (κ2) is 10.4. The molecule has 1 saturated heterocycles. The maximum Gasteiger partial charge on any atom is 0.326 e. The number of benzene rings is 1. The first-order chi connectivity index (χ1) is 13.4. The number of rotatable bonds is 10. The first-order valence-electron chi connectivity index (χ1n) is 9.23. The van der Waals surface area contributed by atoms with Gasteiger partial charge in [-0.3, -0.25) is 14.4 Å². The largest absolute Gasteiger partial charge is 0.480 e. The summed E-state index contributed by atoms with van der Waals surface area (Å²) in [4.78, 5) is 47.5. The molecule has 152 valence electrons. The Labute approximate surface area is 163 Å². The zero-order valence-electron chi connectivity index (χ0n) is 15.5. The Morgan fingerprint density at radius 2 is 1.86 bits per heavy atom. The molecule has 0 bridgehead atoms. The summed E-state index contributed by atoms with van der Waals surface area (Å²) >= 11 is 0. The van der Waals surface area contributed by atoms with Crippen LogP contribution in [0, 0.1) is 5.92 Å². The van der Waals surface area contributed by atoms with Crippen molar-refractivity contribution in [2.24, 2.45) is 11.7 Å². The lowest BCUT2D eigenvalue weighted by Crippen LogP contribution is -2.53. The minimum atomic E-state index is -1.26. The average molecular weight is 390 g/mol. The van der Waals surface area contributed by atoms with Crippen LogP contribution in [0.5, 0.6) is 0 Å². The first-order valence-corrected chi connectivity index (χ1v) is 9.23. The number of hydrogen-bond acceptors (Lipinski definition) is 5. The highest BCUT2D eigenvalue weighted by Crippen LogP contribution is 2.10. The van der Waals surface area contributed by atoms with Crippen LogP contribution in [0.15, 0.2) is 30.3 Å². The smallest absolute Gasteiger partial charge is 0.326 e. The van der Waals surface area contributed by atoms with Gasteiger partial charge in [0.05, 0.1) is 5.92 Å². The van der Waals surface area contributed by atoms with Crippen molar-refractivity contribution in [3.63, 3.8) is 0 Å². The van der Waals surface area contributed by atoms with Gasteiger partial charge in [0.25, 0.3) is 0 Å². The van der Waals surface area contributed by atoms with Gasteiger partial charge in [0.15, 0.2) is 0 Å². The van der Waals surface area contributed by atoms with Gasteiger partial charge in [-0.25, -0.2) is 4.79 Å². The number of carboxylic acid groups (broad SMARTS) is 1. The number of nitrogens with one attached hydrogen (secondary N) is 3. The predicted octanol–water partition coefficient (Wildman–Crippen LogP) is -0.842. The van der Waals surface area contributed by atoms with Crippen molar-refractivity contribution < 1.29 is 24.3 Å². The van der Waals surface area contributed by atoms with Gasteiger partial charge in [0.1, 0.15) is 12.1 Å². The zero-order valence-corrected chi connectivity index (χ0v) is 15.5. The molecule has 1 aromatic carbocycles. The monoisotopic (exact) mass is 390 g/mol. The molecule has 2 rings (SSSR count). The van der Waals surface area contributed by atoms with E-state index in [2.05, 4.69) is 16.0 Å². The van der Waals surface area contributed by atoms with Crippen LogP contribution in [-0.4, -0.2) is 54.0 Å². The van der Waals surface area contributed by atoms with E-state index in [-0.39, 0.29) is 31.1 Å². The molecular weight excluding hydrogens is 364 g/mol. The summed E-state index contributed by atoms with van der Waals surface area (Å²) < 4.78 is 0. The summed E-state index contributed by atoms with van der Waals surface area (Å²) in [5.74, 6) is -3.00. The molecule has 0 spiro atoms. The van der Waals surface area contributed by atoms with E-state index in [0.29, 0.717) is 13.0 Å². The number of aliphatic carboxylic acids is 1. The highest BCUT2D eigenvalue weighted by molar-refractivity contribution is 5.91. The van der Waals surface area contributed by atoms with Crippen LogP contribution in [-0.2, 0) is 25.6 Å². The molecule has 1 fully saturated rings. The van der Waals surface area contributed by atoms with Gasteiger partial charge >= 0.3 is 5.97 Å². The van der Waals surface area contributed by atoms with Crippen molar-refractivity contribution in [3.8, 4) is 0 Å². The number of primary amides is 1. The Bertz CT molecular complexity index is 704. The molecule has 0 aliphatic carbocycles. The molecule has 28 heavy (non-hydrogen) atoms. The predicted molar refractivity (Wildman–Crippen MR) is 101 cm³/mol. The van der Waals surface area contributed by atoms with Gasteiger partial charge in [0.2, 0.25) is 17.7 Å². The second-order valence-corrected chi connectivity index (χ2v) is 6.85. The quantitative estimate of drug-likeness (QED) is 0.351. The van der Waals surface area contributed by atoms with Crippen LogP contribution in [0.4, 0.5) is 0 Å².